The zero-order valence-electron chi connectivity index (χ0n) is 10.6. The molecule has 2 aliphatic rings. The highest BCUT2D eigenvalue weighted by atomic mass is 19.2. The highest BCUT2D eigenvalue weighted by Crippen LogP contribution is 2.31. The van der Waals surface area contributed by atoms with Crippen LogP contribution in [0, 0.1) is 11.8 Å². The van der Waals surface area contributed by atoms with Gasteiger partial charge in [0.1, 0.15) is 12.3 Å². The standard InChI is InChI=1S/C13H24F2N2/c1-2-3-9-7-16-13(17-8-9)10-4-5-11(14)12(15)6-10/h9-13,16-17H,2-8H2,1H3. The van der Waals surface area contributed by atoms with E-state index in [4.69, 9.17) is 0 Å². The van der Waals surface area contributed by atoms with Crippen LogP contribution in [0.4, 0.5) is 8.78 Å². The molecule has 0 spiro atoms. The number of nitrogens with one attached hydrogen (secondary N) is 2. The SMILES string of the molecule is CCCC1CNC(C2CCC(F)C(F)C2)NC1. The monoisotopic (exact) mass is 246 g/mol. The Labute approximate surface area is 103 Å². The molecule has 2 nitrogen and oxygen atoms in total. The molecule has 2 fully saturated rings. The fourth-order valence-electron chi connectivity index (χ4n) is 3.09. The first-order valence-electron chi connectivity index (χ1n) is 6.95. The zero-order valence-corrected chi connectivity index (χ0v) is 10.6. The Kier molecular flexibility index (Phi) is 4.74. The summed E-state index contributed by atoms with van der Waals surface area (Å²) in [5, 5.41) is 6.92. The second-order valence-electron chi connectivity index (χ2n) is 5.55. The average molecular weight is 246 g/mol. The summed E-state index contributed by atoms with van der Waals surface area (Å²) in [6, 6.07) is 0. The molecule has 17 heavy (non-hydrogen) atoms. The Morgan fingerprint density at radius 2 is 1.76 bits per heavy atom. The van der Waals surface area contributed by atoms with E-state index in [0.29, 0.717) is 18.8 Å². The van der Waals surface area contributed by atoms with Crippen molar-refractivity contribution in [3.8, 4) is 0 Å². The summed E-state index contributed by atoms with van der Waals surface area (Å²) >= 11 is 0. The van der Waals surface area contributed by atoms with Crippen LogP contribution in [0.15, 0.2) is 0 Å². The average Bonchev–Trinajstić information content (AvgIpc) is 2.34. The Morgan fingerprint density at radius 3 is 2.35 bits per heavy atom. The molecule has 3 unspecified atom stereocenters. The smallest absolute Gasteiger partial charge is 0.132 e. The van der Waals surface area contributed by atoms with Crippen molar-refractivity contribution in [2.45, 2.75) is 57.5 Å². The Hall–Kier alpha value is -0.220. The molecule has 3 atom stereocenters. The normalized spacial score (nSPS) is 43.6. The van der Waals surface area contributed by atoms with E-state index in [9.17, 15) is 8.78 Å². The lowest BCUT2D eigenvalue weighted by molar-refractivity contribution is 0.0631. The van der Waals surface area contributed by atoms with Gasteiger partial charge in [0, 0.05) is 13.1 Å². The van der Waals surface area contributed by atoms with Crippen LogP contribution in [0.2, 0.25) is 0 Å². The number of hydrogen-bond acceptors (Lipinski definition) is 2. The van der Waals surface area contributed by atoms with Crippen LogP contribution >= 0.6 is 0 Å². The lowest BCUT2D eigenvalue weighted by Crippen LogP contribution is -2.57. The molecule has 0 aromatic heterocycles. The van der Waals surface area contributed by atoms with Crippen molar-refractivity contribution in [3.05, 3.63) is 0 Å². The highest BCUT2D eigenvalue weighted by Gasteiger charge is 2.35. The second kappa shape index (κ2) is 6.10. The summed E-state index contributed by atoms with van der Waals surface area (Å²) in [7, 11) is 0. The molecule has 1 saturated carbocycles. The topological polar surface area (TPSA) is 24.1 Å². The van der Waals surface area contributed by atoms with Crippen molar-refractivity contribution in [1.29, 1.82) is 0 Å². The third kappa shape index (κ3) is 3.38. The van der Waals surface area contributed by atoms with Crippen LogP contribution in [0.1, 0.15) is 39.0 Å². The maximum Gasteiger partial charge on any atom is 0.132 e. The third-order valence-corrected chi connectivity index (χ3v) is 4.15. The molecular weight excluding hydrogens is 222 g/mol. The fourth-order valence-corrected chi connectivity index (χ4v) is 3.09. The first kappa shape index (κ1) is 13.2. The molecule has 0 radical (unpaired) electrons. The van der Waals surface area contributed by atoms with Gasteiger partial charge in [-0.2, -0.15) is 0 Å². The minimum absolute atomic E-state index is 0.189. The van der Waals surface area contributed by atoms with E-state index >= 15 is 0 Å². The van der Waals surface area contributed by atoms with Gasteiger partial charge in [-0.3, -0.25) is 0 Å². The van der Waals surface area contributed by atoms with Crippen LogP contribution in [0.3, 0.4) is 0 Å². The molecule has 0 aromatic carbocycles. The largest absolute Gasteiger partial charge is 0.301 e. The molecule has 1 aliphatic carbocycles. The van der Waals surface area contributed by atoms with Gasteiger partial charge in [0.15, 0.2) is 0 Å². The maximum atomic E-state index is 13.3. The number of halogens is 2. The fraction of sp³-hybridized carbons (Fsp3) is 1.00. The molecule has 1 saturated heterocycles. The van der Waals surface area contributed by atoms with Crippen LogP contribution in [0.25, 0.3) is 0 Å². The Balaban J connectivity index is 1.77. The van der Waals surface area contributed by atoms with E-state index < -0.39 is 12.3 Å². The lowest BCUT2D eigenvalue weighted by atomic mass is 9.83. The summed E-state index contributed by atoms with van der Waals surface area (Å²) in [6.45, 7) is 4.22. The van der Waals surface area contributed by atoms with E-state index in [1.807, 2.05) is 0 Å². The summed E-state index contributed by atoms with van der Waals surface area (Å²) in [5.41, 5.74) is 0. The first-order valence-corrected chi connectivity index (χ1v) is 6.95. The van der Waals surface area contributed by atoms with Gasteiger partial charge in [0.2, 0.25) is 0 Å². The molecule has 2 N–H and O–H groups in total. The van der Waals surface area contributed by atoms with Gasteiger partial charge in [-0.1, -0.05) is 13.3 Å². The number of alkyl halides is 2. The molecule has 1 aliphatic heterocycles. The Morgan fingerprint density at radius 1 is 1.06 bits per heavy atom. The Bertz CT molecular complexity index is 229. The van der Waals surface area contributed by atoms with Gasteiger partial charge in [0.25, 0.3) is 0 Å². The highest BCUT2D eigenvalue weighted by molar-refractivity contribution is 4.88. The van der Waals surface area contributed by atoms with Gasteiger partial charge >= 0.3 is 0 Å². The molecule has 4 heteroatoms. The molecule has 0 bridgehead atoms. The lowest BCUT2D eigenvalue weighted by Gasteiger charge is -2.39. The van der Waals surface area contributed by atoms with E-state index in [-0.39, 0.29) is 12.1 Å². The van der Waals surface area contributed by atoms with E-state index in [0.717, 1.165) is 19.5 Å². The summed E-state index contributed by atoms with van der Waals surface area (Å²) in [4.78, 5) is 0. The summed E-state index contributed by atoms with van der Waals surface area (Å²) in [6.07, 6.45) is 1.68. The van der Waals surface area contributed by atoms with Gasteiger partial charge in [-0.25, -0.2) is 8.78 Å². The molecule has 2 rings (SSSR count). The summed E-state index contributed by atoms with van der Waals surface area (Å²) in [5.74, 6) is 0.939. The van der Waals surface area contributed by atoms with Crippen molar-refractivity contribution in [2.75, 3.05) is 13.1 Å². The minimum Gasteiger partial charge on any atom is -0.301 e. The molecule has 0 aromatic rings. The van der Waals surface area contributed by atoms with Crippen LogP contribution in [-0.2, 0) is 0 Å². The predicted molar refractivity (Wildman–Crippen MR) is 65.3 cm³/mol. The van der Waals surface area contributed by atoms with Gasteiger partial charge < -0.3 is 10.6 Å². The van der Waals surface area contributed by atoms with Gasteiger partial charge in [0.05, 0.1) is 6.17 Å². The van der Waals surface area contributed by atoms with Crippen molar-refractivity contribution in [1.82, 2.24) is 10.6 Å². The van der Waals surface area contributed by atoms with Crippen LogP contribution in [-0.4, -0.2) is 31.6 Å². The number of hydrogen-bond donors (Lipinski definition) is 2. The second-order valence-corrected chi connectivity index (χ2v) is 5.55. The van der Waals surface area contributed by atoms with Crippen molar-refractivity contribution >= 4 is 0 Å². The van der Waals surface area contributed by atoms with E-state index in [2.05, 4.69) is 17.6 Å². The third-order valence-electron chi connectivity index (χ3n) is 4.15. The van der Waals surface area contributed by atoms with Crippen molar-refractivity contribution < 1.29 is 8.78 Å². The minimum atomic E-state index is -1.26. The van der Waals surface area contributed by atoms with Gasteiger partial charge in [-0.05, 0) is 37.5 Å². The molecule has 1 heterocycles. The predicted octanol–water partition coefficient (Wildman–Crippen LogP) is 2.40. The summed E-state index contributed by atoms with van der Waals surface area (Å²) < 4.78 is 26.4. The first-order chi connectivity index (χ1) is 8.20. The molecule has 100 valence electrons. The van der Waals surface area contributed by atoms with Crippen molar-refractivity contribution in [2.24, 2.45) is 11.8 Å². The van der Waals surface area contributed by atoms with Crippen molar-refractivity contribution in [3.63, 3.8) is 0 Å². The van der Waals surface area contributed by atoms with Gasteiger partial charge in [-0.15, -0.1) is 0 Å². The van der Waals surface area contributed by atoms with Crippen LogP contribution in [0.5, 0.6) is 0 Å². The van der Waals surface area contributed by atoms with E-state index in [1.54, 1.807) is 0 Å². The zero-order chi connectivity index (χ0) is 12.3. The van der Waals surface area contributed by atoms with E-state index in [1.165, 1.54) is 12.8 Å². The quantitative estimate of drug-likeness (QED) is 0.799. The molecule has 0 amide bonds. The number of rotatable bonds is 3. The van der Waals surface area contributed by atoms with Crippen LogP contribution < -0.4 is 10.6 Å². The maximum absolute atomic E-state index is 13.3. The molecular formula is C13H24F2N2.